The maximum atomic E-state index is 12.2. The fourth-order valence-corrected chi connectivity index (χ4v) is 2.34. The van der Waals surface area contributed by atoms with Gasteiger partial charge < -0.3 is 5.32 Å². The number of carbonyl (C=O) groups is 1. The first kappa shape index (κ1) is 15.5. The van der Waals surface area contributed by atoms with Crippen LogP contribution < -0.4 is 5.32 Å². The molecule has 2 aromatic rings. The molecule has 110 valence electrons. The van der Waals surface area contributed by atoms with Crippen LogP contribution in [-0.2, 0) is 6.54 Å². The lowest BCUT2D eigenvalue weighted by atomic mass is 10.2. The molecule has 1 aromatic heterocycles. The highest BCUT2D eigenvalue weighted by molar-refractivity contribution is 7.71. The van der Waals surface area contributed by atoms with Crippen molar-refractivity contribution in [3.63, 3.8) is 0 Å². The number of halogens is 1. The molecule has 21 heavy (non-hydrogen) atoms. The van der Waals surface area contributed by atoms with Gasteiger partial charge in [-0.2, -0.15) is 5.10 Å². The van der Waals surface area contributed by atoms with Crippen LogP contribution in [0.25, 0.3) is 0 Å². The zero-order valence-corrected chi connectivity index (χ0v) is 13.0. The summed E-state index contributed by atoms with van der Waals surface area (Å²) in [6, 6.07) is 6.47. The van der Waals surface area contributed by atoms with Crippen LogP contribution in [0.1, 0.15) is 29.1 Å². The van der Waals surface area contributed by atoms with Gasteiger partial charge in [-0.25, -0.2) is 0 Å². The van der Waals surface area contributed by atoms with Crippen molar-refractivity contribution < 1.29 is 4.79 Å². The van der Waals surface area contributed by atoms with E-state index in [1.165, 1.54) is 0 Å². The maximum absolute atomic E-state index is 12.2. The lowest BCUT2D eigenvalue weighted by molar-refractivity contribution is 0.0937. The molecular formula is C14H15ClN4OS. The van der Waals surface area contributed by atoms with E-state index >= 15 is 0 Å². The van der Waals surface area contributed by atoms with Gasteiger partial charge in [0, 0.05) is 17.1 Å². The SMILES string of the molecule is C=CCn1c([C@@H](C)NC(=O)c2cccc(Cl)c2)n[nH]c1=S. The van der Waals surface area contributed by atoms with Crippen LogP contribution in [0.4, 0.5) is 0 Å². The van der Waals surface area contributed by atoms with E-state index in [2.05, 4.69) is 22.1 Å². The molecule has 0 fully saturated rings. The fourth-order valence-electron chi connectivity index (χ4n) is 1.94. The van der Waals surface area contributed by atoms with Crippen LogP contribution >= 0.6 is 23.8 Å². The monoisotopic (exact) mass is 322 g/mol. The molecule has 0 bridgehead atoms. The van der Waals surface area contributed by atoms with Gasteiger partial charge in [0.05, 0.1) is 6.04 Å². The molecule has 0 aliphatic carbocycles. The van der Waals surface area contributed by atoms with Crippen molar-refractivity contribution in [3.05, 3.63) is 58.1 Å². The van der Waals surface area contributed by atoms with Crippen molar-refractivity contribution in [2.45, 2.75) is 19.5 Å². The number of hydrogen-bond acceptors (Lipinski definition) is 3. The minimum Gasteiger partial charge on any atom is -0.342 e. The predicted molar refractivity (Wildman–Crippen MR) is 84.9 cm³/mol. The van der Waals surface area contributed by atoms with Crippen LogP contribution in [0.5, 0.6) is 0 Å². The normalized spacial score (nSPS) is 11.9. The highest BCUT2D eigenvalue weighted by Gasteiger charge is 2.17. The third-order valence-corrected chi connectivity index (χ3v) is 3.47. The third-order valence-electron chi connectivity index (χ3n) is 2.92. The number of rotatable bonds is 5. The highest BCUT2D eigenvalue weighted by Crippen LogP contribution is 2.14. The second kappa shape index (κ2) is 6.69. The number of aromatic nitrogens is 3. The van der Waals surface area contributed by atoms with E-state index in [4.69, 9.17) is 23.8 Å². The van der Waals surface area contributed by atoms with E-state index in [0.717, 1.165) is 0 Å². The molecule has 0 radical (unpaired) electrons. The third kappa shape index (κ3) is 3.59. The molecule has 1 atom stereocenters. The number of allylic oxidation sites excluding steroid dienone is 1. The minimum absolute atomic E-state index is 0.218. The van der Waals surface area contributed by atoms with Crippen molar-refractivity contribution in [3.8, 4) is 0 Å². The van der Waals surface area contributed by atoms with E-state index in [9.17, 15) is 4.79 Å². The van der Waals surface area contributed by atoms with E-state index in [-0.39, 0.29) is 11.9 Å². The van der Waals surface area contributed by atoms with Crippen molar-refractivity contribution in [2.75, 3.05) is 0 Å². The second-order valence-electron chi connectivity index (χ2n) is 4.49. The first-order chi connectivity index (χ1) is 10.0. The molecular weight excluding hydrogens is 308 g/mol. The van der Waals surface area contributed by atoms with Crippen molar-refractivity contribution in [1.82, 2.24) is 20.1 Å². The Hall–Kier alpha value is -1.92. The Morgan fingerprint density at radius 2 is 2.43 bits per heavy atom. The quantitative estimate of drug-likeness (QED) is 0.656. The number of amides is 1. The van der Waals surface area contributed by atoms with Gasteiger partial charge in [0.15, 0.2) is 10.6 Å². The number of benzene rings is 1. The van der Waals surface area contributed by atoms with Crippen molar-refractivity contribution >= 4 is 29.7 Å². The van der Waals surface area contributed by atoms with Gasteiger partial charge in [-0.15, -0.1) is 6.58 Å². The number of hydrogen-bond donors (Lipinski definition) is 2. The Balaban J connectivity index is 2.18. The Bertz CT molecular complexity index is 722. The molecule has 7 heteroatoms. The summed E-state index contributed by atoms with van der Waals surface area (Å²) in [7, 11) is 0. The average molecular weight is 323 g/mol. The van der Waals surface area contributed by atoms with E-state index in [0.29, 0.717) is 27.7 Å². The number of nitrogens with zero attached hydrogens (tertiary/aromatic N) is 2. The Labute approximate surface area is 132 Å². The zero-order chi connectivity index (χ0) is 15.4. The summed E-state index contributed by atoms with van der Waals surface area (Å²) in [5.41, 5.74) is 0.499. The minimum atomic E-state index is -0.301. The smallest absolute Gasteiger partial charge is 0.251 e. The largest absolute Gasteiger partial charge is 0.342 e. The van der Waals surface area contributed by atoms with Gasteiger partial charge in [-0.3, -0.25) is 14.5 Å². The van der Waals surface area contributed by atoms with Crippen LogP contribution in [-0.4, -0.2) is 20.7 Å². The van der Waals surface area contributed by atoms with Gasteiger partial charge in [-0.05, 0) is 37.3 Å². The Morgan fingerprint density at radius 1 is 1.67 bits per heavy atom. The molecule has 2 rings (SSSR count). The molecule has 0 saturated heterocycles. The molecule has 5 nitrogen and oxygen atoms in total. The molecule has 1 amide bonds. The fraction of sp³-hybridized carbons (Fsp3) is 0.214. The highest BCUT2D eigenvalue weighted by atomic mass is 35.5. The van der Waals surface area contributed by atoms with Gasteiger partial charge in [0.2, 0.25) is 0 Å². The van der Waals surface area contributed by atoms with E-state index in [1.54, 1.807) is 34.9 Å². The number of aromatic amines is 1. The topological polar surface area (TPSA) is 62.7 Å². The lowest BCUT2D eigenvalue weighted by Gasteiger charge is -2.14. The van der Waals surface area contributed by atoms with Gasteiger partial charge in [-0.1, -0.05) is 23.7 Å². The van der Waals surface area contributed by atoms with Crippen LogP contribution in [0.2, 0.25) is 5.02 Å². The number of carbonyl (C=O) groups excluding carboxylic acids is 1. The maximum Gasteiger partial charge on any atom is 0.251 e. The lowest BCUT2D eigenvalue weighted by Crippen LogP contribution is -2.28. The van der Waals surface area contributed by atoms with Crippen molar-refractivity contribution in [1.29, 1.82) is 0 Å². The molecule has 0 aliphatic rings. The molecule has 1 aromatic carbocycles. The molecule has 2 N–H and O–H groups in total. The summed E-state index contributed by atoms with van der Waals surface area (Å²) < 4.78 is 2.28. The summed E-state index contributed by atoms with van der Waals surface area (Å²) in [6.07, 6.45) is 1.72. The van der Waals surface area contributed by atoms with Crippen LogP contribution in [0, 0.1) is 4.77 Å². The Kier molecular flexibility index (Phi) is 4.93. The van der Waals surface area contributed by atoms with E-state index in [1.807, 2.05) is 6.92 Å². The molecule has 0 unspecified atom stereocenters. The van der Waals surface area contributed by atoms with Gasteiger partial charge in [0.1, 0.15) is 0 Å². The Morgan fingerprint density at radius 3 is 3.10 bits per heavy atom. The second-order valence-corrected chi connectivity index (χ2v) is 5.31. The molecule has 1 heterocycles. The summed E-state index contributed by atoms with van der Waals surface area (Å²) in [6.45, 7) is 6.05. The van der Waals surface area contributed by atoms with Crippen LogP contribution in [0.3, 0.4) is 0 Å². The van der Waals surface area contributed by atoms with Crippen molar-refractivity contribution in [2.24, 2.45) is 0 Å². The number of nitrogens with one attached hydrogen (secondary N) is 2. The first-order valence-corrected chi connectivity index (χ1v) is 7.14. The summed E-state index contributed by atoms with van der Waals surface area (Å²) in [5, 5.41) is 10.3. The van der Waals surface area contributed by atoms with Crippen LogP contribution in [0.15, 0.2) is 36.9 Å². The molecule has 0 saturated carbocycles. The number of H-pyrrole nitrogens is 1. The van der Waals surface area contributed by atoms with Gasteiger partial charge in [0.25, 0.3) is 5.91 Å². The summed E-state index contributed by atoms with van der Waals surface area (Å²) >= 11 is 11.0. The zero-order valence-electron chi connectivity index (χ0n) is 11.5. The average Bonchev–Trinajstić information content (AvgIpc) is 2.81. The predicted octanol–water partition coefficient (Wildman–Crippen LogP) is 3.27. The molecule has 0 aliphatic heterocycles. The molecule has 0 spiro atoms. The van der Waals surface area contributed by atoms with Gasteiger partial charge >= 0.3 is 0 Å². The summed E-state index contributed by atoms with van der Waals surface area (Å²) in [5.74, 6) is 0.430. The summed E-state index contributed by atoms with van der Waals surface area (Å²) in [4.78, 5) is 12.2. The first-order valence-electron chi connectivity index (χ1n) is 6.35. The van der Waals surface area contributed by atoms with E-state index < -0.39 is 0 Å². The standard InChI is InChI=1S/C14H15ClN4OS/c1-3-7-19-12(17-18-14(19)21)9(2)16-13(20)10-5-4-6-11(15)8-10/h3-6,8-9H,1,7H2,2H3,(H,16,20)(H,18,21)/t9-/m1/s1.